The van der Waals surface area contributed by atoms with E-state index in [1.165, 1.54) is 18.5 Å². The summed E-state index contributed by atoms with van der Waals surface area (Å²) in [5, 5.41) is 14.3. The molecule has 2 heterocycles. The maximum absolute atomic E-state index is 5.01. The van der Waals surface area contributed by atoms with Gasteiger partial charge in [0.1, 0.15) is 0 Å². The van der Waals surface area contributed by atoms with E-state index in [-0.39, 0.29) is 0 Å². The molecule has 0 bridgehead atoms. The van der Waals surface area contributed by atoms with Crippen molar-refractivity contribution in [2.24, 2.45) is 5.92 Å². The SMILES string of the molecule is COCCNc1cnnc(Nc2ccc(N3CCC(C)CC3)cc2)n1. The number of methoxy groups -OCH3 is 1. The van der Waals surface area contributed by atoms with Crippen molar-refractivity contribution in [2.75, 3.05) is 48.9 Å². The molecule has 0 atom stereocenters. The van der Waals surface area contributed by atoms with Gasteiger partial charge in [0.05, 0.1) is 12.8 Å². The fraction of sp³-hybridized carbons (Fsp3) is 0.500. The van der Waals surface area contributed by atoms with E-state index in [1.807, 2.05) is 0 Å². The lowest BCUT2D eigenvalue weighted by molar-refractivity contribution is 0.210. The van der Waals surface area contributed by atoms with Crippen LogP contribution in [0.5, 0.6) is 0 Å². The molecule has 1 aromatic heterocycles. The number of hydrogen-bond acceptors (Lipinski definition) is 7. The molecule has 7 heteroatoms. The number of nitrogens with one attached hydrogen (secondary N) is 2. The van der Waals surface area contributed by atoms with Gasteiger partial charge in [0.25, 0.3) is 0 Å². The van der Waals surface area contributed by atoms with Crippen molar-refractivity contribution in [3.05, 3.63) is 30.5 Å². The normalized spacial score (nSPS) is 15.2. The predicted octanol–water partition coefficient (Wildman–Crippen LogP) is 2.91. The van der Waals surface area contributed by atoms with Gasteiger partial charge in [-0.15, -0.1) is 5.10 Å². The number of rotatable bonds is 7. The fourth-order valence-corrected chi connectivity index (χ4v) is 2.87. The van der Waals surface area contributed by atoms with Crippen molar-refractivity contribution >= 4 is 23.1 Å². The van der Waals surface area contributed by atoms with Gasteiger partial charge >= 0.3 is 0 Å². The van der Waals surface area contributed by atoms with Crippen LogP contribution in [0.15, 0.2) is 30.5 Å². The first kappa shape index (κ1) is 17.4. The molecule has 0 spiro atoms. The number of ether oxygens (including phenoxy) is 1. The smallest absolute Gasteiger partial charge is 0.249 e. The molecule has 1 aliphatic heterocycles. The van der Waals surface area contributed by atoms with Crippen LogP contribution in [0.1, 0.15) is 19.8 Å². The number of nitrogens with zero attached hydrogens (tertiary/aromatic N) is 4. The Bertz CT molecular complexity index is 655. The molecule has 2 N–H and O–H groups in total. The summed E-state index contributed by atoms with van der Waals surface area (Å²) >= 11 is 0. The van der Waals surface area contributed by atoms with Crippen molar-refractivity contribution in [3.8, 4) is 0 Å². The molecule has 7 nitrogen and oxygen atoms in total. The van der Waals surface area contributed by atoms with E-state index < -0.39 is 0 Å². The van der Waals surface area contributed by atoms with Crippen LogP contribution in [0.3, 0.4) is 0 Å². The number of anilines is 4. The van der Waals surface area contributed by atoms with Gasteiger partial charge < -0.3 is 20.3 Å². The first-order chi connectivity index (χ1) is 12.2. The standard InChI is InChI=1S/C18H26N6O/c1-14-7-10-24(11-8-14)16-5-3-15(4-6-16)21-18-22-17(13-20-23-18)19-9-12-25-2/h3-6,13-14H,7-12H2,1-2H3,(H2,19,21,22,23). The molecule has 0 radical (unpaired) electrons. The average molecular weight is 342 g/mol. The van der Waals surface area contributed by atoms with Crippen LogP contribution in [-0.4, -0.2) is 48.5 Å². The third-order valence-electron chi connectivity index (χ3n) is 4.44. The zero-order valence-corrected chi connectivity index (χ0v) is 14.9. The Labute approximate surface area is 148 Å². The molecule has 2 aromatic rings. The monoisotopic (exact) mass is 342 g/mol. The van der Waals surface area contributed by atoms with Gasteiger partial charge in [-0.1, -0.05) is 6.92 Å². The Hall–Kier alpha value is -2.41. The molecule has 1 aromatic carbocycles. The van der Waals surface area contributed by atoms with Crippen LogP contribution in [-0.2, 0) is 4.74 Å². The topological polar surface area (TPSA) is 75.2 Å². The summed E-state index contributed by atoms with van der Waals surface area (Å²) in [5.41, 5.74) is 2.22. The Morgan fingerprint density at radius 3 is 2.68 bits per heavy atom. The van der Waals surface area contributed by atoms with Gasteiger partial charge in [-0.3, -0.25) is 0 Å². The highest BCUT2D eigenvalue weighted by Crippen LogP contribution is 2.24. The summed E-state index contributed by atoms with van der Waals surface area (Å²) in [4.78, 5) is 6.85. The number of hydrogen-bond donors (Lipinski definition) is 2. The van der Waals surface area contributed by atoms with Gasteiger partial charge in [-0.25, -0.2) is 0 Å². The van der Waals surface area contributed by atoms with Crippen LogP contribution in [0.2, 0.25) is 0 Å². The molecule has 134 valence electrons. The van der Waals surface area contributed by atoms with Crippen LogP contribution >= 0.6 is 0 Å². The number of piperidine rings is 1. The Morgan fingerprint density at radius 2 is 1.96 bits per heavy atom. The molecule has 0 saturated carbocycles. The molecule has 25 heavy (non-hydrogen) atoms. The zero-order chi connectivity index (χ0) is 17.5. The van der Waals surface area contributed by atoms with Crippen molar-refractivity contribution in [2.45, 2.75) is 19.8 Å². The molecule has 1 aliphatic rings. The van der Waals surface area contributed by atoms with Crippen LogP contribution in [0.4, 0.5) is 23.1 Å². The molecule has 1 saturated heterocycles. The minimum Gasteiger partial charge on any atom is -0.383 e. The van der Waals surface area contributed by atoms with Crippen LogP contribution < -0.4 is 15.5 Å². The number of benzene rings is 1. The minimum absolute atomic E-state index is 0.474. The maximum Gasteiger partial charge on any atom is 0.249 e. The second kappa shape index (κ2) is 8.62. The molecule has 0 unspecified atom stereocenters. The van der Waals surface area contributed by atoms with Gasteiger partial charge in [-0.05, 0) is 43.0 Å². The molecule has 0 amide bonds. The van der Waals surface area contributed by atoms with Crippen molar-refractivity contribution in [3.63, 3.8) is 0 Å². The Balaban J connectivity index is 1.58. The van der Waals surface area contributed by atoms with Crippen molar-refractivity contribution < 1.29 is 4.74 Å². The average Bonchev–Trinajstić information content (AvgIpc) is 2.64. The van der Waals surface area contributed by atoms with E-state index in [4.69, 9.17) is 4.74 Å². The first-order valence-corrected chi connectivity index (χ1v) is 8.79. The highest BCUT2D eigenvalue weighted by molar-refractivity contribution is 5.59. The van der Waals surface area contributed by atoms with E-state index >= 15 is 0 Å². The molecular formula is C18H26N6O. The van der Waals surface area contributed by atoms with Gasteiger partial charge in [-0.2, -0.15) is 10.1 Å². The van der Waals surface area contributed by atoms with E-state index in [1.54, 1.807) is 13.3 Å². The predicted molar refractivity (Wildman–Crippen MR) is 101 cm³/mol. The molecule has 1 fully saturated rings. The summed E-state index contributed by atoms with van der Waals surface area (Å²) in [6.45, 7) is 5.89. The maximum atomic E-state index is 5.01. The van der Waals surface area contributed by atoms with Gasteiger partial charge in [0, 0.05) is 38.1 Å². The highest BCUT2D eigenvalue weighted by Gasteiger charge is 2.15. The summed E-state index contributed by atoms with van der Waals surface area (Å²) in [6.07, 6.45) is 4.13. The second-order valence-corrected chi connectivity index (χ2v) is 6.43. The molecule has 3 rings (SSSR count). The van der Waals surface area contributed by atoms with E-state index in [9.17, 15) is 0 Å². The highest BCUT2D eigenvalue weighted by atomic mass is 16.5. The lowest BCUT2D eigenvalue weighted by Gasteiger charge is -2.32. The summed E-state index contributed by atoms with van der Waals surface area (Å²) in [6, 6.07) is 8.41. The Morgan fingerprint density at radius 1 is 1.20 bits per heavy atom. The quantitative estimate of drug-likeness (QED) is 0.749. The molecular weight excluding hydrogens is 316 g/mol. The Kier molecular flexibility index (Phi) is 6.00. The lowest BCUT2D eigenvalue weighted by atomic mass is 9.99. The van der Waals surface area contributed by atoms with E-state index in [0.29, 0.717) is 24.9 Å². The fourth-order valence-electron chi connectivity index (χ4n) is 2.87. The summed E-state index contributed by atoms with van der Waals surface area (Å²) in [7, 11) is 1.67. The van der Waals surface area contributed by atoms with E-state index in [2.05, 4.69) is 61.9 Å². The summed E-state index contributed by atoms with van der Waals surface area (Å²) in [5.74, 6) is 1.99. The van der Waals surface area contributed by atoms with E-state index in [0.717, 1.165) is 24.7 Å². The number of aromatic nitrogens is 3. The minimum atomic E-state index is 0.474. The lowest BCUT2D eigenvalue weighted by Crippen LogP contribution is -2.32. The third kappa shape index (κ3) is 5.03. The van der Waals surface area contributed by atoms with Crippen molar-refractivity contribution in [1.29, 1.82) is 0 Å². The van der Waals surface area contributed by atoms with Gasteiger partial charge in [0.15, 0.2) is 5.82 Å². The third-order valence-corrected chi connectivity index (χ3v) is 4.44. The van der Waals surface area contributed by atoms with Crippen LogP contribution in [0.25, 0.3) is 0 Å². The van der Waals surface area contributed by atoms with Crippen LogP contribution in [0, 0.1) is 5.92 Å². The zero-order valence-electron chi connectivity index (χ0n) is 14.9. The van der Waals surface area contributed by atoms with Gasteiger partial charge in [0.2, 0.25) is 5.95 Å². The molecule has 0 aliphatic carbocycles. The largest absolute Gasteiger partial charge is 0.383 e. The first-order valence-electron chi connectivity index (χ1n) is 8.79. The van der Waals surface area contributed by atoms with Crippen molar-refractivity contribution in [1.82, 2.24) is 15.2 Å². The second-order valence-electron chi connectivity index (χ2n) is 6.43. The summed E-state index contributed by atoms with van der Waals surface area (Å²) < 4.78 is 5.01.